The predicted octanol–water partition coefficient (Wildman–Crippen LogP) is 3.32. The third-order valence-electron chi connectivity index (χ3n) is 3.81. The zero-order chi connectivity index (χ0) is 17.3. The van der Waals surface area contributed by atoms with E-state index in [4.69, 9.17) is 0 Å². The largest absolute Gasteiger partial charge is 0.323 e. The molecule has 0 bridgehead atoms. The lowest BCUT2D eigenvalue weighted by Crippen LogP contribution is -2.21. The summed E-state index contributed by atoms with van der Waals surface area (Å²) >= 11 is 0. The summed E-state index contributed by atoms with van der Waals surface area (Å²) in [6.07, 6.45) is 0.238. The van der Waals surface area contributed by atoms with Crippen molar-refractivity contribution in [3.8, 4) is 0 Å². The molecule has 24 heavy (non-hydrogen) atoms. The number of nitrogens with one attached hydrogen (secondary N) is 2. The topological polar surface area (TPSA) is 58.2 Å². The number of carbonyl (C=O) groups excluding carboxylic acids is 2. The second-order valence-corrected chi connectivity index (χ2v) is 5.50. The van der Waals surface area contributed by atoms with Crippen molar-refractivity contribution in [2.75, 3.05) is 10.6 Å². The summed E-state index contributed by atoms with van der Waals surface area (Å²) < 4.78 is 40.5. The van der Waals surface area contributed by atoms with Gasteiger partial charge in [0, 0.05) is 0 Å². The monoisotopic (exact) mass is 334 g/mol. The second kappa shape index (κ2) is 6.35. The van der Waals surface area contributed by atoms with Gasteiger partial charge < -0.3 is 10.6 Å². The summed E-state index contributed by atoms with van der Waals surface area (Å²) in [6, 6.07) is 8.88. The first-order valence-corrected chi connectivity index (χ1v) is 7.27. The highest BCUT2D eigenvalue weighted by Gasteiger charge is 2.48. The van der Waals surface area contributed by atoms with Crippen molar-refractivity contribution in [2.24, 2.45) is 11.8 Å². The Morgan fingerprint density at radius 2 is 1.33 bits per heavy atom. The molecule has 0 aromatic heterocycles. The van der Waals surface area contributed by atoms with Crippen LogP contribution in [0.1, 0.15) is 6.42 Å². The minimum atomic E-state index is -0.892. The number of hydrogen-bond donors (Lipinski definition) is 2. The Morgan fingerprint density at radius 3 is 1.96 bits per heavy atom. The van der Waals surface area contributed by atoms with Crippen molar-refractivity contribution in [1.82, 2.24) is 0 Å². The summed E-state index contributed by atoms with van der Waals surface area (Å²) in [5.41, 5.74) is -0.517. The normalized spacial score (nSPS) is 18.8. The Bertz CT molecular complexity index is 790. The SMILES string of the molecule is O=C(Nc1ccccc1F)C1CC1C(=O)Nc1c(F)cccc1F. The maximum Gasteiger partial charge on any atom is 0.228 e. The van der Waals surface area contributed by atoms with Crippen LogP contribution in [0.3, 0.4) is 0 Å². The van der Waals surface area contributed by atoms with Gasteiger partial charge in [0.15, 0.2) is 0 Å². The third-order valence-corrected chi connectivity index (χ3v) is 3.81. The molecule has 1 saturated carbocycles. The van der Waals surface area contributed by atoms with Crippen LogP contribution in [0.15, 0.2) is 42.5 Å². The van der Waals surface area contributed by atoms with E-state index in [1.165, 1.54) is 24.3 Å². The van der Waals surface area contributed by atoms with Gasteiger partial charge >= 0.3 is 0 Å². The average Bonchev–Trinajstić information content (AvgIpc) is 3.34. The number of anilines is 2. The van der Waals surface area contributed by atoms with Crippen LogP contribution >= 0.6 is 0 Å². The smallest absolute Gasteiger partial charge is 0.228 e. The number of rotatable bonds is 4. The third kappa shape index (κ3) is 3.24. The van der Waals surface area contributed by atoms with Crippen molar-refractivity contribution in [1.29, 1.82) is 0 Å². The molecule has 0 heterocycles. The van der Waals surface area contributed by atoms with E-state index in [-0.39, 0.29) is 12.1 Å². The van der Waals surface area contributed by atoms with E-state index in [1.54, 1.807) is 6.07 Å². The van der Waals surface area contributed by atoms with Crippen molar-refractivity contribution in [3.63, 3.8) is 0 Å². The van der Waals surface area contributed by atoms with Crippen LogP contribution < -0.4 is 10.6 Å². The van der Waals surface area contributed by atoms with Crippen molar-refractivity contribution in [3.05, 3.63) is 59.9 Å². The van der Waals surface area contributed by atoms with E-state index < -0.39 is 46.8 Å². The maximum absolute atomic E-state index is 13.5. The number of benzene rings is 2. The van der Waals surface area contributed by atoms with E-state index in [1.807, 2.05) is 0 Å². The fourth-order valence-electron chi connectivity index (χ4n) is 2.40. The van der Waals surface area contributed by atoms with Gasteiger partial charge in [0.2, 0.25) is 11.8 Å². The fraction of sp³-hybridized carbons (Fsp3) is 0.176. The van der Waals surface area contributed by atoms with Gasteiger partial charge in [-0.25, -0.2) is 13.2 Å². The van der Waals surface area contributed by atoms with Gasteiger partial charge in [-0.2, -0.15) is 0 Å². The van der Waals surface area contributed by atoms with Crippen LogP contribution in [0, 0.1) is 29.3 Å². The van der Waals surface area contributed by atoms with E-state index in [0.29, 0.717) is 0 Å². The Hall–Kier alpha value is -2.83. The molecule has 0 spiro atoms. The molecule has 0 aliphatic heterocycles. The molecule has 2 aromatic carbocycles. The van der Waals surface area contributed by atoms with Gasteiger partial charge in [0.05, 0.1) is 17.5 Å². The van der Waals surface area contributed by atoms with E-state index in [0.717, 1.165) is 12.1 Å². The molecule has 1 fully saturated rings. The number of para-hydroxylation sites is 2. The lowest BCUT2D eigenvalue weighted by molar-refractivity contribution is -0.122. The highest BCUT2D eigenvalue weighted by atomic mass is 19.1. The number of halogens is 3. The Kier molecular flexibility index (Phi) is 4.24. The zero-order valence-corrected chi connectivity index (χ0v) is 12.4. The van der Waals surface area contributed by atoms with Crippen molar-refractivity contribution < 1.29 is 22.8 Å². The Balaban J connectivity index is 1.61. The van der Waals surface area contributed by atoms with Crippen molar-refractivity contribution >= 4 is 23.2 Å². The van der Waals surface area contributed by atoms with Gasteiger partial charge in [0.25, 0.3) is 0 Å². The molecular formula is C17H13F3N2O2. The average molecular weight is 334 g/mol. The number of carbonyl (C=O) groups is 2. The maximum atomic E-state index is 13.5. The van der Waals surface area contributed by atoms with Crippen LogP contribution in [0.2, 0.25) is 0 Å². The van der Waals surface area contributed by atoms with Gasteiger partial charge in [-0.3, -0.25) is 9.59 Å². The quantitative estimate of drug-likeness (QED) is 0.901. The highest BCUT2D eigenvalue weighted by molar-refractivity contribution is 6.03. The van der Waals surface area contributed by atoms with Gasteiger partial charge in [-0.15, -0.1) is 0 Å². The summed E-state index contributed by atoms with van der Waals surface area (Å²) in [5.74, 6) is -4.87. The lowest BCUT2D eigenvalue weighted by Gasteiger charge is -2.08. The minimum Gasteiger partial charge on any atom is -0.323 e. The summed E-state index contributed by atoms with van der Waals surface area (Å²) in [4.78, 5) is 24.0. The molecule has 0 saturated heterocycles. The van der Waals surface area contributed by atoms with E-state index in [2.05, 4.69) is 10.6 Å². The van der Waals surface area contributed by atoms with Crippen molar-refractivity contribution in [2.45, 2.75) is 6.42 Å². The van der Waals surface area contributed by atoms with Gasteiger partial charge in [-0.1, -0.05) is 18.2 Å². The molecule has 0 radical (unpaired) electrons. The predicted molar refractivity (Wildman–Crippen MR) is 81.6 cm³/mol. The lowest BCUT2D eigenvalue weighted by atomic mass is 10.2. The van der Waals surface area contributed by atoms with Crippen LogP contribution in [-0.2, 0) is 9.59 Å². The second-order valence-electron chi connectivity index (χ2n) is 5.50. The molecular weight excluding hydrogens is 321 g/mol. The Morgan fingerprint density at radius 1 is 0.792 bits per heavy atom. The van der Waals surface area contributed by atoms with Gasteiger partial charge in [0.1, 0.15) is 23.1 Å². The molecule has 1 aliphatic carbocycles. The molecule has 2 amide bonds. The first-order chi connectivity index (χ1) is 11.5. The Labute approximate surface area is 135 Å². The standard InChI is InChI=1S/C17H13F3N2O2/c18-11-4-1-2-7-14(11)21-16(23)9-8-10(9)17(24)22-15-12(19)5-3-6-13(15)20/h1-7,9-10H,8H2,(H,21,23)(H,22,24). The molecule has 2 atom stereocenters. The van der Waals surface area contributed by atoms with Crippen LogP contribution in [0.4, 0.5) is 24.5 Å². The van der Waals surface area contributed by atoms with Crippen LogP contribution in [-0.4, -0.2) is 11.8 Å². The first kappa shape index (κ1) is 16.0. The van der Waals surface area contributed by atoms with E-state index in [9.17, 15) is 22.8 Å². The summed E-state index contributed by atoms with van der Waals surface area (Å²) in [7, 11) is 0. The molecule has 1 aliphatic rings. The molecule has 3 rings (SSSR count). The molecule has 2 N–H and O–H groups in total. The molecule has 124 valence electrons. The molecule has 7 heteroatoms. The minimum absolute atomic E-state index is 0.0220. The summed E-state index contributed by atoms with van der Waals surface area (Å²) in [5, 5.41) is 4.56. The molecule has 2 unspecified atom stereocenters. The van der Waals surface area contributed by atoms with Crippen LogP contribution in [0.5, 0.6) is 0 Å². The highest BCUT2D eigenvalue weighted by Crippen LogP contribution is 2.40. The number of amides is 2. The molecule has 4 nitrogen and oxygen atoms in total. The van der Waals surface area contributed by atoms with Crippen LogP contribution in [0.25, 0.3) is 0 Å². The molecule has 2 aromatic rings. The van der Waals surface area contributed by atoms with Gasteiger partial charge in [-0.05, 0) is 30.7 Å². The first-order valence-electron chi connectivity index (χ1n) is 7.27. The summed E-state index contributed by atoms with van der Waals surface area (Å²) in [6.45, 7) is 0. The zero-order valence-electron chi connectivity index (χ0n) is 12.4. The fourth-order valence-corrected chi connectivity index (χ4v) is 2.40. The number of hydrogen-bond acceptors (Lipinski definition) is 2. The van der Waals surface area contributed by atoms with E-state index >= 15 is 0 Å².